The fourth-order valence-electron chi connectivity index (χ4n) is 1.67. The normalized spacial score (nSPS) is 10.3. The molecule has 2 aromatic rings. The van der Waals surface area contributed by atoms with E-state index in [-0.39, 0.29) is 5.84 Å². The van der Waals surface area contributed by atoms with Gasteiger partial charge in [0, 0.05) is 33.0 Å². The molecule has 0 unspecified atom stereocenters. The second-order valence-electron chi connectivity index (χ2n) is 4.05. The van der Waals surface area contributed by atoms with E-state index in [1.807, 2.05) is 31.3 Å². The second-order valence-corrected chi connectivity index (χ2v) is 5.96. The van der Waals surface area contributed by atoms with Gasteiger partial charge in [0.15, 0.2) is 0 Å². The molecule has 5 heteroatoms. The standard InChI is InChI=1S/C13H14BrN3S/c1-17(7-12-6-10(14)8-18-12)11-4-2-3-9(5-11)13(15)16/h2-6,8H,7H2,1H3,(H3,15,16). The number of amidine groups is 1. The molecule has 0 aliphatic carbocycles. The van der Waals surface area contributed by atoms with E-state index >= 15 is 0 Å². The average molecular weight is 324 g/mol. The van der Waals surface area contributed by atoms with Crippen LogP contribution in [0.15, 0.2) is 40.2 Å². The maximum atomic E-state index is 7.45. The molecule has 3 N–H and O–H groups in total. The summed E-state index contributed by atoms with van der Waals surface area (Å²) in [6, 6.07) is 9.85. The topological polar surface area (TPSA) is 53.1 Å². The molecule has 94 valence electrons. The number of hydrogen-bond acceptors (Lipinski definition) is 3. The molecule has 0 saturated carbocycles. The maximum absolute atomic E-state index is 7.45. The maximum Gasteiger partial charge on any atom is 0.122 e. The zero-order valence-electron chi connectivity index (χ0n) is 9.98. The molecule has 1 aromatic heterocycles. The van der Waals surface area contributed by atoms with Crippen LogP contribution in [0, 0.1) is 5.41 Å². The molecule has 0 radical (unpaired) electrons. The predicted molar refractivity (Wildman–Crippen MR) is 81.6 cm³/mol. The monoisotopic (exact) mass is 323 g/mol. The summed E-state index contributed by atoms with van der Waals surface area (Å²) in [5, 5.41) is 9.53. The number of anilines is 1. The molecular formula is C13H14BrN3S. The molecule has 0 spiro atoms. The number of nitrogens with two attached hydrogens (primary N) is 1. The minimum Gasteiger partial charge on any atom is -0.384 e. The average Bonchev–Trinajstić information content (AvgIpc) is 2.75. The zero-order chi connectivity index (χ0) is 13.1. The van der Waals surface area contributed by atoms with Crippen molar-refractivity contribution in [2.45, 2.75) is 6.54 Å². The Kier molecular flexibility index (Phi) is 4.04. The summed E-state index contributed by atoms with van der Waals surface area (Å²) in [5.41, 5.74) is 7.32. The van der Waals surface area contributed by atoms with Crippen molar-refractivity contribution in [3.05, 3.63) is 50.6 Å². The SMILES string of the molecule is CN(Cc1cc(Br)cs1)c1cccc(C(=N)N)c1. The van der Waals surface area contributed by atoms with E-state index in [4.69, 9.17) is 11.1 Å². The van der Waals surface area contributed by atoms with Crippen LogP contribution in [0.5, 0.6) is 0 Å². The minimum absolute atomic E-state index is 0.101. The quantitative estimate of drug-likeness (QED) is 0.669. The molecular weight excluding hydrogens is 310 g/mol. The summed E-state index contributed by atoms with van der Waals surface area (Å²) in [7, 11) is 2.03. The third-order valence-corrected chi connectivity index (χ3v) is 4.30. The van der Waals surface area contributed by atoms with Gasteiger partial charge in [-0.15, -0.1) is 11.3 Å². The third kappa shape index (κ3) is 3.11. The third-order valence-electron chi connectivity index (χ3n) is 2.61. The first-order valence-corrected chi connectivity index (χ1v) is 7.12. The molecule has 18 heavy (non-hydrogen) atoms. The predicted octanol–water partition coefficient (Wildman–Crippen LogP) is 3.43. The van der Waals surface area contributed by atoms with Crippen LogP contribution in [0.3, 0.4) is 0 Å². The van der Waals surface area contributed by atoms with Crippen molar-refractivity contribution in [3.63, 3.8) is 0 Å². The lowest BCUT2D eigenvalue weighted by molar-refractivity contribution is 0.940. The Bertz CT molecular complexity index is 565. The van der Waals surface area contributed by atoms with E-state index in [9.17, 15) is 0 Å². The first-order valence-electron chi connectivity index (χ1n) is 5.45. The Morgan fingerprint density at radius 1 is 1.44 bits per heavy atom. The van der Waals surface area contributed by atoms with Gasteiger partial charge in [0.2, 0.25) is 0 Å². The van der Waals surface area contributed by atoms with Crippen molar-refractivity contribution in [1.29, 1.82) is 5.41 Å². The smallest absolute Gasteiger partial charge is 0.122 e. The highest BCUT2D eigenvalue weighted by Gasteiger charge is 2.06. The van der Waals surface area contributed by atoms with Gasteiger partial charge in [-0.1, -0.05) is 12.1 Å². The molecule has 1 heterocycles. The largest absolute Gasteiger partial charge is 0.384 e. The Morgan fingerprint density at radius 3 is 2.83 bits per heavy atom. The van der Waals surface area contributed by atoms with Crippen LogP contribution < -0.4 is 10.6 Å². The van der Waals surface area contributed by atoms with Gasteiger partial charge in [-0.2, -0.15) is 0 Å². The summed E-state index contributed by atoms with van der Waals surface area (Å²) in [6.45, 7) is 0.845. The lowest BCUT2D eigenvalue weighted by atomic mass is 10.2. The van der Waals surface area contributed by atoms with Gasteiger partial charge in [0.05, 0.1) is 6.54 Å². The first kappa shape index (κ1) is 13.1. The number of nitrogen functional groups attached to an aromatic ring is 1. The van der Waals surface area contributed by atoms with Gasteiger partial charge in [0.25, 0.3) is 0 Å². The van der Waals surface area contributed by atoms with Crippen molar-refractivity contribution in [3.8, 4) is 0 Å². The van der Waals surface area contributed by atoms with Crippen molar-refractivity contribution in [2.75, 3.05) is 11.9 Å². The first-order chi connectivity index (χ1) is 8.56. The van der Waals surface area contributed by atoms with Crippen LogP contribution in [-0.4, -0.2) is 12.9 Å². The van der Waals surface area contributed by atoms with Crippen LogP contribution in [0.2, 0.25) is 0 Å². The van der Waals surface area contributed by atoms with Gasteiger partial charge >= 0.3 is 0 Å². The number of benzene rings is 1. The van der Waals surface area contributed by atoms with E-state index in [1.165, 1.54) is 4.88 Å². The van der Waals surface area contributed by atoms with E-state index in [1.54, 1.807) is 11.3 Å². The molecule has 0 aliphatic rings. The van der Waals surface area contributed by atoms with Crippen molar-refractivity contribution >= 4 is 38.8 Å². The number of nitrogens with one attached hydrogen (secondary N) is 1. The van der Waals surface area contributed by atoms with Crippen molar-refractivity contribution in [1.82, 2.24) is 0 Å². The summed E-state index contributed by atoms with van der Waals surface area (Å²) < 4.78 is 1.12. The highest BCUT2D eigenvalue weighted by molar-refractivity contribution is 9.10. The zero-order valence-corrected chi connectivity index (χ0v) is 12.4. The van der Waals surface area contributed by atoms with Gasteiger partial charge in [-0.05, 0) is 34.1 Å². The molecule has 0 atom stereocenters. The fraction of sp³-hybridized carbons (Fsp3) is 0.154. The lowest BCUT2D eigenvalue weighted by Gasteiger charge is -2.19. The summed E-state index contributed by atoms with van der Waals surface area (Å²) in [4.78, 5) is 3.43. The summed E-state index contributed by atoms with van der Waals surface area (Å²) >= 11 is 5.18. The van der Waals surface area contributed by atoms with E-state index < -0.39 is 0 Å². The van der Waals surface area contributed by atoms with E-state index in [2.05, 4.69) is 32.3 Å². The van der Waals surface area contributed by atoms with E-state index in [0.29, 0.717) is 0 Å². The molecule has 0 fully saturated rings. The minimum atomic E-state index is 0.101. The van der Waals surface area contributed by atoms with Gasteiger partial charge in [0.1, 0.15) is 5.84 Å². The molecule has 0 amide bonds. The Morgan fingerprint density at radius 2 is 2.22 bits per heavy atom. The second kappa shape index (κ2) is 5.54. The molecule has 3 nitrogen and oxygen atoms in total. The van der Waals surface area contributed by atoms with E-state index in [0.717, 1.165) is 22.3 Å². The Balaban J connectivity index is 2.15. The number of hydrogen-bond donors (Lipinski definition) is 2. The highest BCUT2D eigenvalue weighted by atomic mass is 79.9. The number of rotatable bonds is 4. The van der Waals surface area contributed by atoms with Crippen molar-refractivity contribution < 1.29 is 0 Å². The van der Waals surface area contributed by atoms with Crippen LogP contribution in [-0.2, 0) is 6.54 Å². The Labute approximate surface area is 119 Å². The lowest BCUT2D eigenvalue weighted by Crippen LogP contribution is -2.17. The summed E-state index contributed by atoms with van der Waals surface area (Å²) in [6.07, 6.45) is 0. The molecule has 0 bridgehead atoms. The van der Waals surface area contributed by atoms with Crippen LogP contribution >= 0.6 is 27.3 Å². The highest BCUT2D eigenvalue weighted by Crippen LogP contribution is 2.23. The van der Waals surface area contributed by atoms with Crippen molar-refractivity contribution in [2.24, 2.45) is 5.73 Å². The molecule has 0 aliphatic heterocycles. The van der Waals surface area contributed by atoms with Gasteiger partial charge in [-0.25, -0.2) is 0 Å². The number of halogens is 1. The van der Waals surface area contributed by atoms with Crippen LogP contribution in [0.1, 0.15) is 10.4 Å². The molecule has 2 rings (SSSR count). The summed E-state index contributed by atoms with van der Waals surface area (Å²) in [5.74, 6) is 0.101. The number of thiophene rings is 1. The molecule has 0 saturated heterocycles. The molecule has 1 aromatic carbocycles. The van der Waals surface area contributed by atoms with Gasteiger partial charge < -0.3 is 10.6 Å². The van der Waals surface area contributed by atoms with Gasteiger partial charge in [-0.3, -0.25) is 5.41 Å². The number of nitrogens with zero attached hydrogens (tertiary/aromatic N) is 1. The Hall–Kier alpha value is -1.33. The fourth-order valence-corrected chi connectivity index (χ4v) is 3.18. The van der Waals surface area contributed by atoms with Crippen LogP contribution in [0.25, 0.3) is 0 Å². The van der Waals surface area contributed by atoms with Crippen LogP contribution in [0.4, 0.5) is 5.69 Å².